The first kappa shape index (κ1) is 14.7. The number of nitrogens with one attached hydrogen (secondary N) is 1. The van der Waals surface area contributed by atoms with E-state index in [0.717, 1.165) is 16.3 Å². The van der Waals surface area contributed by atoms with E-state index in [1.807, 2.05) is 24.4 Å². The number of rotatable bonds is 4. The summed E-state index contributed by atoms with van der Waals surface area (Å²) in [4.78, 5) is 8.26. The van der Waals surface area contributed by atoms with Crippen molar-refractivity contribution < 1.29 is 8.42 Å². The summed E-state index contributed by atoms with van der Waals surface area (Å²) in [5.74, 6) is 0. The molecule has 0 aliphatic rings. The lowest BCUT2D eigenvalue weighted by atomic mass is 10.1. The van der Waals surface area contributed by atoms with Gasteiger partial charge in [0.25, 0.3) is 10.0 Å². The predicted octanol–water partition coefficient (Wildman–Crippen LogP) is 2.65. The molecule has 3 aromatic rings. The van der Waals surface area contributed by atoms with Crippen LogP contribution in [-0.2, 0) is 17.1 Å². The number of sulfonamides is 1. The van der Waals surface area contributed by atoms with E-state index in [0.29, 0.717) is 5.69 Å². The van der Waals surface area contributed by atoms with Crippen LogP contribution in [0.3, 0.4) is 0 Å². The summed E-state index contributed by atoms with van der Waals surface area (Å²) in [6.07, 6.45) is 2.90. The fourth-order valence-corrected chi connectivity index (χ4v) is 3.60. The predicted molar refractivity (Wildman–Crippen MR) is 86.3 cm³/mol. The molecule has 0 radical (unpaired) electrons. The molecule has 114 valence electrons. The first-order valence-electron chi connectivity index (χ1n) is 6.47. The molecule has 8 heteroatoms. The largest absolute Gasteiger partial charge is 0.339 e. The van der Waals surface area contributed by atoms with Crippen molar-refractivity contribution in [3.63, 3.8) is 0 Å². The van der Waals surface area contributed by atoms with Crippen LogP contribution in [-0.4, -0.2) is 23.0 Å². The molecular formula is C14H14N4O2S2. The minimum absolute atomic E-state index is 0.00537. The Morgan fingerprint density at radius 3 is 2.50 bits per heavy atom. The minimum atomic E-state index is -3.66. The summed E-state index contributed by atoms with van der Waals surface area (Å²) in [6.45, 7) is 1.95. The van der Waals surface area contributed by atoms with Crippen molar-refractivity contribution >= 4 is 27.0 Å². The van der Waals surface area contributed by atoms with E-state index >= 15 is 0 Å². The Kier molecular flexibility index (Phi) is 3.71. The molecule has 1 N–H and O–H groups in total. The van der Waals surface area contributed by atoms with Crippen molar-refractivity contribution in [3.8, 4) is 11.3 Å². The van der Waals surface area contributed by atoms with Gasteiger partial charge in [0.05, 0.1) is 17.0 Å². The van der Waals surface area contributed by atoms with E-state index in [2.05, 4.69) is 14.7 Å². The Hall–Kier alpha value is -2.19. The molecule has 0 aliphatic heterocycles. The Bertz CT molecular complexity index is 895. The van der Waals surface area contributed by atoms with Gasteiger partial charge in [0.15, 0.2) is 5.03 Å². The highest BCUT2D eigenvalue weighted by Crippen LogP contribution is 2.24. The maximum Gasteiger partial charge on any atom is 0.280 e. The van der Waals surface area contributed by atoms with E-state index in [1.54, 1.807) is 35.1 Å². The molecule has 6 nitrogen and oxygen atoms in total. The number of nitrogens with zero attached hydrogens (tertiary/aromatic N) is 3. The van der Waals surface area contributed by atoms with E-state index in [9.17, 15) is 8.42 Å². The average molecular weight is 334 g/mol. The SMILES string of the molecule is Cc1nc(-c2ccc(NS(=O)(=O)c3cn(C)cn3)cc2)cs1. The van der Waals surface area contributed by atoms with Gasteiger partial charge < -0.3 is 4.57 Å². The molecule has 0 amide bonds. The first-order valence-corrected chi connectivity index (χ1v) is 8.84. The molecule has 0 fully saturated rings. The van der Waals surface area contributed by atoms with Crippen LogP contribution in [0.4, 0.5) is 5.69 Å². The molecule has 0 aliphatic carbocycles. The molecule has 2 heterocycles. The minimum Gasteiger partial charge on any atom is -0.339 e. The molecule has 22 heavy (non-hydrogen) atoms. The molecule has 0 saturated carbocycles. The highest BCUT2D eigenvalue weighted by Gasteiger charge is 2.17. The van der Waals surface area contributed by atoms with Crippen LogP contribution in [0, 0.1) is 6.92 Å². The van der Waals surface area contributed by atoms with Crippen LogP contribution in [0.15, 0.2) is 47.2 Å². The van der Waals surface area contributed by atoms with Gasteiger partial charge in [-0.2, -0.15) is 8.42 Å². The maximum absolute atomic E-state index is 12.2. The van der Waals surface area contributed by atoms with Gasteiger partial charge in [0, 0.05) is 29.9 Å². The van der Waals surface area contributed by atoms with E-state index in [1.165, 1.54) is 12.5 Å². The highest BCUT2D eigenvalue weighted by molar-refractivity contribution is 7.92. The second-order valence-corrected chi connectivity index (χ2v) is 7.50. The third-order valence-electron chi connectivity index (χ3n) is 3.01. The summed E-state index contributed by atoms with van der Waals surface area (Å²) in [5.41, 5.74) is 2.33. The van der Waals surface area contributed by atoms with Gasteiger partial charge in [0.2, 0.25) is 0 Å². The number of hydrogen-bond acceptors (Lipinski definition) is 5. The fraction of sp³-hybridized carbons (Fsp3) is 0.143. The van der Waals surface area contributed by atoms with Crippen LogP contribution in [0.5, 0.6) is 0 Å². The zero-order valence-electron chi connectivity index (χ0n) is 12.0. The lowest BCUT2D eigenvalue weighted by Crippen LogP contribution is -2.13. The number of benzene rings is 1. The lowest BCUT2D eigenvalue weighted by molar-refractivity contribution is 0.598. The summed E-state index contributed by atoms with van der Waals surface area (Å²) >= 11 is 1.58. The van der Waals surface area contributed by atoms with Crippen LogP contribution in [0.1, 0.15) is 5.01 Å². The number of hydrogen-bond donors (Lipinski definition) is 1. The van der Waals surface area contributed by atoms with E-state index < -0.39 is 10.0 Å². The van der Waals surface area contributed by atoms with E-state index in [4.69, 9.17) is 0 Å². The molecular weight excluding hydrogens is 320 g/mol. The number of aryl methyl sites for hydroxylation is 2. The van der Waals surface area contributed by atoms with Gasteiger partial charge in [0.1, 0.15) is 0 Å². The Balaban J connectivity index is 1.82. The molecule has 0 bridgehead atoms. The fourth-order valence-electron chi connectivity index (χ4n) is 1.94. The van der Waals surface area contributed by atoms with Crippen molar-refractivity contribution in [1.82, 2.24) is 14.5 Å². The van der Waals surface area contributed by atoms with Gasteiger partial charge in [-0.3, -0.25) is 4.72 Å². The zero-order chi connectivity index (χ0) is 15.7. The Morgan fingerprint density at radius 1 is 1.23 bits per heavy atom. The van der Waals surface area contributed by atoms with Gasteiger partial charge in [-0.05, 0) is 19.1 Å². The summed E-state index contributed by atoms with van der Waals surface area (Å²) in [6, 6.07) is 7.10. The summed E-state index contributed by atoms with van der Waals surface area (Å²) < 4.78 is 28.4. The zero-order valence-corrected chi connectivity index (χ0v) is 13.6. The van der Waals surface area contributed by atoms with E-state index in [-0.39, 0.29) is 5.03 Å². The monoisotopic (exact) mass is 334 g/mol. The van der Waals surface area contributed by atoms with Crippen LogP contribution >= 0.6 is 11.3 Å². The second kappa shape index (κ2) is 5.54. The van der Waals surface area contributed by atoms with Crippen molar-refractivity contribution in [2.24, 2.45) is 7.05 Å². The normalized spacial score (nSPS) is 11.5. The number of aromatic nitrogens is 3. The van der Waals surface area contributed by atoms with Crippen molar-refractivity contribution in [3.05, 3.63) is 47.2 Å². The van der Waals surface area contributed by atoms with Gasteiger partial charge in [-0.25, -0.2) is 9.97 Å². The third kappa shape index (κ3) is 3.02. The summed E-state index contributed by atoms with van der Waals surface area (Å²) in [5, 5.41) is 2.96. The molecule has 0 atom stereocenters. The van der Waals surface area contributed by atoms with Crippen molar-refractivity contribution in [1.29, 1.82) is 0 Å². The topological polar surface area (TPSA) is 76.9 Å². The number of thiazole rings is 1. The second-order valence-electron chi connectivity index (χ2n) is 4.81. The lowest BCUT2D eigenvalue weighted by Gasteiger charge is -2.06. The molecule has 3 rings (SSSR count). The van der Waals surface area contributed by atoms with Crippen molar-refractivity contribution in [2.45, 2.75) is 11.9 Å². The third-order valence-corrected chi connectivity index (χ3v) is 5.05. The summed E-state index contributed by atoms with van der Waals surface area (Å²) in [7, 11) is -1.94. The standard InChI is InChI=1S/C14H14N4O2S2/c1-10-16-13(8-21-10)11-3-5-12(6-4-11)17-22(19,20)14-7-18(2)9-15-14/h3-9,17H,1-2H3. The van der Waals surface area contributed by atoms with Crippen molar-refractivity contribution in [2.75, 3.05) is 4.72 Å². The average Bonchev–Trinajstić information content (AvgIpc) is 3.08. The van der Waals surface area contributed by atoms with Gasteiger partial charge >= 0.3 is 0 Å². The van der Waals surface area contributed by atoms with Crippen LogP contribution < -0.4 is 4.72 Å². The molecule has 0 spiro atoms. The van der Waals surface area contributed by atoms with Crippen LogP contribution in [0.25, 0.3) is 11.3 Å². The molecule has 0 saturated heterocycles. The Labute approximate surface area is 132 Å². The number of anilines is 1. The molecule has 2 aromatic heterocycles. The molecule has 1 aromatic carbocycles. The Morgan fingerprint density at radius 2 is 1.95 bits per heavy atom. The first-order chi connectivity index (χ1) is 10.4. The molecule has 0 unspecified atom stereocenters. The smallest absolute Gasteiger partial charge is 0.280 e. The highest BCUT2D eigenvalue weighted by atomic mass is 32.2. The quantitative estimate of drug-likeness (QED) is 0.796. The maximum atomic E-state index is 12.2. The van der Waals surface area contributed by atoms with Gasteiger partial charge in [-0.1, -0.05) is 12.1 Å². The number of imidazole rings is 1. The van der Waals surface area contributed by atoms with Gasteiger partial charge in [-0.15, -0.1) is 11.3 Å². The van der Waals surface area contributed by atoms with Crippen LogP contribution in [0.2, 0.25) is 0 Å².